The van der Waals surface area contributed by atoms with Crippen LogP contribution in [0.25, 0.3) is 0 Å². The van der Waals surface area contributed by atoms with Crippen molar-refractivity contribution >= 4 is 24.0 Å². The van der Waals surface area contributed by atoms with E-state index >= 15 is 0 Å². The van der Waals surface area contributed by atoms with Gasteiger partial charge in [-0.05, 0) is 103 Å². The third-order valence-corrected chi connectivity index (χ3v) is 6.63. The molecule has 0 radical (unpaired) electrons. The van der Waals surface area contributed by atoms with E-state index in [2.05, 4.69) is 24.3 Å². The van der Waals surface area contributed by atoms with Crippen molar-refractivity contribution in [2.24, 2.45) is 9.98 Å². The third kappa shape index (κ3) is 8.60. The summed E-state index contributed by atoms with van der Waals surface area (Å²) in [5, 5.41) is 20.3. The number of carbonyl (C=O) groups is 2. The Hall–Kier alpha value is -3.80. The molecule has 0 bridgehead atoms. The molecule has 1 unspecified atom stereocenters. The molecule has 0 aromatic heterocycles. The van der Waals surface area contributed by atoms with E-state index in [4.69, 9.17) is 9.98 Å². The molecular weight excluding hydrogens is 500 g/mol. The van der Waals surface area contributed by atoms with E-state index in [-0.39, 0.29) is 34.2 Å². The van der Waals surface area contributed by atoms with Crippen LogP contribution in [0.2, 0.25) is 0 Å². The van der Waals surface area contributed by atoms with Crippen LogP contribution in [0.1, 0.15) is 98.1 Å². The molecule has 2 aromatic rings. The zero-order valence-corrected chi connectivity index (χ0v) is 26.2. The maximum Gasteiger partial charge on any atom is 0.164 e. The molecule has 6 nitrogen and oxygen atoms in total. The van der Waals surface area contributed by atoms with Crippen LogP contribution >= 0.6 is 0 Å². The fourth-order valence-electron chi connectivity index (χ4n) is 5.13. The molecule has 0 amide bonds. The standard InChI is InChI=1S/C32H40N2O4.C2H6/c1-17-11-19(3)29(20(4)12-17)31(33-15-27(23(7)35)24(8)36)32(34-16-28(25(9)37)26(10)38)30-21(5)13-18(2)14-22(30)6;1-2/h11-16,31-32,35,37H,1-10H3;1-2H3/b27-23+,28-25+,33-15?,34-16?;/t31-,32?;/m0./s1. The summed E-state index contributed by atoms with van der Waals surface area (Å²) in [6.07, 6.45) is 2.84. The maximum absolute atomic E-state index is 12.3. The number of hydrogen-bond acceptors (Lipinski definition) is 6. The Kier molecular flexibility index (Phi) is 12.9. The van der Waals surface area contributed by atoms with Crippen LogP contribution < -0.4 is 0 Å². The number of rotatable bonds is 9. The number of nitrogens with zero attached hydrogens (tertiary/aromatic N) is 2. The van der Waals surface area contributed by atoms with Gasteiger partial charge < -0.3 is 10.2 Å². The Morgan fingerprint density at radius 1 is 0.600 bits per heavy atom. The predicted octanol–water partition coefficient (Wildman–Crippen LogP) is 8.33. The topological polar surface area (TPSA) is 99.3 Å². The minimum absolute atomic E-state index is 0.113. The van der Waals surface area contributed by atoms with Gasteiger partial charge in [0.05, 0.1) is 11.1 Å². The van der Waals surface area contributed by atoms with E-state index in [9.17, 15) is 19.8 Å². The Balaban J connectivity index is 0.00000391. The number of benzene rings is 2. The van der Waals surface area contributed by atoms with E-state index in [0.717, 1.165) is 44.5 Å². The highest BCUT2D eigenvalue weighted by Gasteiger charge is 2.29. The first-order valence-corrected chi connectivity index (χ1v) is 13.7. The first kappa shape index (κ1) is 34.2. The SMILES string of the molecule is CC.CC(=O)/C(C=NC(c1c(C)cc(C)cc1C)[C@@H](N=C/C(C(C)=O)=C(/C)O)c1c(C)cc(C)cc1C)=C(\C)O. The van der Waals surface area contributed by atoms with Crippen LogP contribution in [0.5, 0.6) is 0 Å². The van der Waals surface area contributed by atoms with Crippen molar-refractivity contribution in [2.75, 3.05) is 0 Å². The Morgan fingerprint density at radius 3 is 1.05 bits per heavy atom. The van der Waals surface area contributed by atoms with Gasteiger partial charge in [-0.3, -0.25) is 19.6 Å². The van der Waals surface area contributed by atoms with Crippen LogP contribution in [0.15, 0.2) is 56.9 Å². The van der Waals surface area contributed by atoms with Gasteiger partial charge >= 0.3 is 0 Å². The lowest BCUT2D eigenvalue weighted by Crippen LogP contribution is -2.16. The minimum Gasteiger partial charge on any atom is -0.512 e. The van der Waals surface area contributed by atoms with Gasteiger partial charge in [0.1, 0.15) is 23.6 Å². The summed E-state index contributed by atoms with van der Waals surface area (Å²) in [4.78, 5) is 34.3. The predicted molar refractivity (Wildman–Crippen MR) is 167 cm³/mol. The lowest BCUT2D eigenvalue weighted by atomic mass is 9.84. The molecule has 40 heavy (non-hydrogen) atoms. The van der Waals surface area contributed by atoms with E-state index in [1.54, 1.807) is 0 Å². The number of aliphatic hydroxyl groups excluding tert-OH is 2. The number of hydrogen-bond donors (Lipinski definition) is 2. The van der Waals surface area contributed by atoms with Crippen LogP contribution in [-0.2, 0) is 9.59 Å². The van der Waals surface area contributed by atoms with E-state index in [0.29, 0.717) is 0 Å². The Labute approximate surface area is 240 Å². The number of aliphatic imine (C=N–C) groups is 2. The zero-order chi connectivity index (χ0) is 30.9. The number of aryl methyl sites for hydroxylation is 6. The molecular formula is C34H46N2O4. The first-order chi connectivity index (χ1) is 18.6. The van der Waals surface area contributed by atoms with Crippen molar-refractivity contribution in [1.82, 2.24) is 0 Å². The summed E-state index contributed by atoms with van der Waals surface area (Å²) in [5.41, 5.74) is 8.42. The Morgan fingerprint density at radius 2 is 0.850 bits per heavy atom. The molecule has 2 aromatic carbocycles. The van der Waals surface area contributed by atoms with Crippen molar-refractivity contribution in [3.05, 3.63) is 91.4 Å². The van der Waals surface area contributed by atoms with Gasteiger partial charge in [-0.25, -0.2) is 0 Å². The van der Waals surface area contributed by atoms with Gasteiger partial charge in [-0.15, -0.1) is 0 Å². The summed E-state index contributed by atoms with van der Waals surface area (Å²) < 4.78 is 0. The van der Waals surface area contributed by atoms with E-state index < -0.39 is 12.1 Å². The van der Waals surface area contributed by atoms with Crippen molar-refractivity contribution < 1.29 is 19.8 Å². The summed E-state index contributed by atoms with van der Waals surface area (Å²) in [7, 11) is 0. The molecule has 2 rings (SSSR count). The molecule has 2 atom stereocenters. The number of ketones is 2. The molecule has 0 fully saturated rings. The highest BCUT2D eigenvalue weighted by atomic mass is 16.3. The first-order valence-electron chi connectivity index (χ1n) is 13.7. The van der Waals surface area contributed by atoms with Gasteiger partial charge in [-0.1, -0.05) is 49.2 Å². The van der Waals surface area contributed by atoms with Crippen LogP contribution in [0.3, 0.4) is 0 Å². The van der Waals surface area contributed by atoms with E-state index in [1.807, 2.05) is 55.4 Å². The van der Waals surface area contributed by atoms with Gasteiger partial charge in [0.2, 0.25) is 0 Å². The summed E-state index contributed by atoms with van der Waals surface area (Å²) in [6.45, 7) is 21.8. The van der Waals surface area contributed by atoms with Gasteiger partial charge in [0.25, 0.3) is 0 Å². The fraction of sp³-hybridized carbons (Fsp3) is 0.412. The summed E-state index contributed by atoms with van der Waals surface area (Å²) >= 11 is 0. The molecule has 0 saturated carbocycles. The van der Waals surface area contributed by atoms with Crippen LogP contribution in [-0.4, -0.2) is 34.2 Å². The van der Waals surface area contributed by atoms with Gasteiger partial charge in [0, 0.05) is 12.4 Å². The molecule has 216 valence electrons. The largest absolute Gasteiger partial charge is 0.512 e. The Bertz CT molecular complexity index is 1220. The smallest absolute Gasteiger partial charge is 0.164 e. The minimum atomic E-state index is -0.590. The molecule has 0 aliphatic rings. The van der Waals surface area contributed by atoms with E-state index in [1.165, 1.54) is 40.1 Å². The average molecular weight is 547 g/mol. The summed E-state index contributed by atoms with van der Waals surface area (Å²) in [6, 6.07) is 7.15. The second kappa shape index (κ2) is 15.1. The second-order valence-electron chi connectivity index (χ2n) is 10.2. The monoisotopic (exact) mass is 546 g/mol. The lowest BCUT2D eigenvalue weighted by Gasteiger charge is -2.28. The average Bonchev–Trinajstić information content (AvgIpc) is 2.81. The molecule has 0 aliphatic carbocycles. The highest BCUT2D eigenvalue weighted by Crippen LogP contribution is 2.41. The molecule has 2 N–H and O–H groups in total. The zero-order valence-electron chi connectivity index (χ0n) is 26.2. The van der Waals surface area contributed by atoms with Crippen molar-refractivity contribution in [3.63, 3.8) is 0 Å². The third-order valence-electron chi connectivity index (χ3n) is 6.63. The van der Waals surface area contributed by atoms with Gasteiger partial charge in [-0.2, -0.15) is 0 Å². The summed E-state index contributed by atoms with van der Waals surface area (Å²) in [5.74, 6) is -0.828. The van der Waals surface area contributed by atoms with Crippen molar-refractivity contribution in [1.29, 1.82) is 0 Å². The molecule has 0 heterocycles. The number of Topliss-reactive ketones (excluding diaryl/α,β-unsaturated/α-hetero) is 2. The number of aliphatic hydroxyl groups is 2. The normalized spacial score (nSPS) is 14.3. The lowest BCUT2D eigenvalue weighted by molar-refractivity contribution is -0.114. The molecule has 0 aliphatic heterocycles. The van der Waals surface area contributed by atoms with Crippen LogP contribution in [0.4, 0.5) is 0 Å². The number of allylic oxidation sites excluding steroid dienone is 4. The molecule has 6 heteroatoms. The van der Waals surface area contributed by atoms with Crippen molar-refractivity contribution in [3.8, 4) is 0 Å². The number of carbonyl (C=O) groups excluding carboxylic acids is 2. The fourth-order valence-corrected chi connectivity index (χ4v) is 5.13. The maximum atomic E-state index is 12.3. The quantitative estimate of drug-likeness (QED) is 0.188. The molecule has 0 spiro atoms. The van der Waals surface area contributed by atoms with Crippen molar-refractivity contribution in [2.45, 2.75) is 95.2 Å². The van der Waals surface area contributed by atoms with Gasteiger partial charge in [0.15, 0.2) is 11.6 Å². The van der Waals surface area contributed by atoms with Crippen LogP contribution in [0, 0.1) is 41.5 Å². The molecule has 0 saturated heterocycles. The second-order valence-corrected chi connectivity index (χ2v) is 10.2. The highest BCUT2D eigenvalue weighted by molar-refractivity contribution is 6.13.